The minimum Gasteiger partial charge on any atom is -0.318 e. The molecule has 0 aromatic heterocycles. The van der Waals surface area contributed by atoms with Crippen molar-refractivity contribution in [2.45, 2.75) is 58.9 Å². The Morgan fingerprint density at radius 1 is 1.28 bits per heavy atom. The first-order valence-corrected chi connectivity index (χ1v) is 7.46. The third-order valence-electron chi connectivity index (χ3n) is 3.74. The highest BCUT2D eigenvalue weighted by Crippen LogP contribution is 2.28. The molecule has 0 radical (unpaired) electrons. The second-order valence-electron chi connectivity index (χ2n) is 5.93. The number of hydrogen-bond acceptors (Lipinski definition) is 2. The van der Waals surface area contributed by atoms with Crippen LogP contribution in [0, 0.1) is 5.92 Å². The topological polar surface area (TPSA) is 15.3 Å². The quantitative estimate of drug-likeness (QED) is 0.753. The van der Waals surface area contributed by atoms with Gasteiger partial charge in [-0.15, -0.1) is 6.58 Å². The van der Waals surface area contributed by atoms with Crippen LogP contribution in [0.4, 0.5) is 0 Å². The van der Waals surface area contributed by atoms with Gasteiger partial charge in [-0.2, -0.15) is 0 Å². The predicted octanol–water partition coefficient (Wildman–Crippen LogP) is 3.69. The van der Waals surface area contributed by atoms with Crippen LogP contribution in [0.1, 0.15) is 52.9 Å². The third kappa shape index (κ3) is 8.71. The van der Waals surface area contributed by atoms with Crippen molar-refractivity contribution in [2.75, 3.05) is 27.2 Å². The number of allylic oxidation sites excluding steroid dienone is 1. The number of nitrogens with zero attached hydrogens (tertiary/aromatic N) is 1. The molecule has 2 heteroatoms. The maximum atomic E-state index is 3.56. The Labute approximate surface area is 115 Å². The van der Waals surface area contributed by atoms with E-state index in [4.69, 9.17) is 0 Å². The van der Waals surface area contributed by atoms with Gasteiger partial charge in [0.2, 0.25) is 0 Å². The Hall–Kier alpha value is -0.340. The molecular weight excluding hydrogens is 220 g/mol. The maximum Gasteiger partial charge on any atom is 0.0107 e. The van der Waals surface area contributed by atoms with E-state index in [-0.39, 0.29) is 0 Å². The van der Waals surface area contributed by atoms with Crippen LogP contribution in [-0.2, 0) is 0 Å². The van der Waals surface area contributed by atoms with Crippen molar-refractivity contribution >= 4 is 0 Å². The van der Waals surface area contributed by atoms with E-state index in [1.54, 1.807) is 0 Å². The number of hydrogen-bond donors (Lipinski definition) is 1. The van der Waals surface area contributed by atoms with Gasteiger partial charge in [0.15, 0.2) is 0 Å². The first-order chi connectivity index (χ1) is 8.49. The summed E-state index contributed by atoms with van der Waals surface area (Å²) in [4.78, 5) is 2.51. The summed E-state index contributed by atoms with van der Waals surface area (Å²) < 4.78 is 0. The summed E-state index contributed by atoms with van der Waals surface area (Å²) in [7, 11) is 4.29. The highest BCUT2D eigenvalue weighted by Gasteiger charge is 2.22. The molecule has 0 saturated heterocycles. The standard InChI is InChI=1S/C12H26N2.C4H8/c1-11(14(3)10-9-13-2)12-7-5-4-6-8-12;1-4(2)3/h11-13H,4-10H2,1-3H3;1H2,2-3H3. The van der Waals surface area contributed by atoms with E-state index in [0.29, 0.717) is 0 Å². The van der Waals surface area contributed by atoms with Gasteiger partial charge in [0.25, 0.3) is 0 Å². The summed E-state index contributed by atoms with van der Waals surface area (Å²) >= 11 is 0. The van der Waals surface area contributed by atoms with E-state index < -0.39 is 0 Å². The van der Waals surface area contributed by atoms with E-state index in [2.05, 4.69) is 30.8 Å². The summed E-state index contributed by atoms with van der Waals surface area (Å²) in [5.74, 6) is 0.950. The Morgan fingerprint density at radius 3 is 2.22 bits per heavy atom. The molecule has 0 aromatic rings. The molecular formula is C16H34N2. The minimum atomic E-state index is 0.767. The van der Waals surface area contributed by atoms with Crippen LogP contribution in [0.5, 0.6) is 0 Å². The summed E-state index contributed by atoms with van der Waals surface area (Å²) in [6.45, 7) is 12.2. The summed E-state index contributed by atoms with van der Waals surface area (Å²) in [6.07, 6.45) is 7.27. The molecule has 1 N–H and O–H groups in total. The van der Waals surface area contributed by atoms with Crippen LogP contribution >= 0.6 is 0 Å². The molecule has 108 valence electrons. The predicted molar refractivity (Wildman–Crippen MR) is 83.1 cm³/mol. The molecule has 0 aliphatic heterocycles. The smallest absolute Gasteiger partial charge is 0.0107 e. The van der Waals surface area contributed by atoms with Gasteiger partial charge in [-0.1, -0.05) is 24.8 Å². The molecule has 1 saturated carbocycles. The lowest BCUT2D eigenvalue weighted by Gasteiger charge is -2.34. The van der Waals surface area contributed by atoms with Gasteiger partial charge >= 0.3 is 0 Å². The van der Waals surface area contributed by atoms with Crippen molar-refractivity contribution in [3.05, 3.63) is 12.2 Å². The number of likely N-dealkylation sites (N-methyl/N-ethyl adjacent to an activating group) is 2. The van der Waals surface area contributed by atoms with Gasteiger partial charge in [0.1, 0.15) is 0 Å². The van der Waals surface area contributed by atoms with Gasteiger partial charge in [0, 0.05) is 19.1 Å². The molecule has 2 nitrogen and oxygen atoms in total. The average molecular weight is 254 g/mol. The van der Waals surface area contributed by atoms with Crippen molar-refractivity contribution in [2.24, 2.45) is 5.92 Å². The highest BCUT2D eigenvalue weighted by molar-refractivity contribution is 4.79. The Balaban J connectivity index is 0.000000631. The normalized spacial score (nSPS) is 18.1. The summed E-state index contributed by atoms with van der Waals surface area (Å²) in [5.41, 5.74) is 1.17. The van der Waals surface area contributed by atoms with Crippen molar-refractivity contribution in [3.63, 3.8) is 0 Å². The molecule has 1 unspecified atom stereocenters. The molecule has 1 rings (SSSR count). The van der Waals surface area contributed by atoms with E-state index in [0.717, 1.165) is 18.5 Å². The van der Waals surface area contributed by atoms with Gasteiger partial charge < -0.3 is 10.2 Å². The zero-order chi connectivity index (χ0) is 14.0. The monoisotopic (exact) mass is 254 g/mol. The van der Waals surface area contributed by atoms with Crippen molar-refractivity contribution in [3.8, 4) is 0 Å². The van der Waals surface area contributed by atoms with Crippen LogP contribution < -0.4 is 5.32 Å². The maximum absolute atomic E-state index is 3.56. The van der Waals surface area contributed by atoms with Gasteiger partial charge in [-0.3, -0.25) is 0 Å². The average Bonchev–Trinajstić information content (AvgIpc) is 2.35. The van der Waals surface area contributed by atoms with Crippen LogP contribution in [0.3, 0.4) is 0 Å². The SMILES string of the molecule is C=C(C)C.CNCCN(C)C(C)C1CCCCC1. The molecule has 0 heterocycles. The van der Waals surface area contributed by atoms with Gasteiger partial charge in [-0.25, -0.2) is 0 Å². The minimum absolute atomic E-state index is 0.767. The van der Waals surface area contributed by atoms with E-state index in [1.165, 1.54) is 44.2 Å². The Kier molecular flexibility index (Phi) is 10.4. The fourth-order valence-corrected chi connectivity index (χ4v) is 2.47. The fraction of sp³-hybridized carbons (Fsp3) is 0.875. The zero-order valence-corrected chi connectivity index (χ0v) is 13.3. The molecule has 18 heavy (non-hydrogen) atoms. The number of nitrogens with one attached hydrogen (secondary N) is 1. The second-order valence-corrected chi connectivity index (χ2v) is 5.93. The van der Waals surface area contributed by atoms with E-state index >= 15 is 0 Å². The molecule has 1 aliphatic rings. The lowest BCUT2D eigenvalue weighted by Crippen LogP contribution is -2.39. The highest BCUT2D eigenvalue weighted by atomic mass is 15.1. The molecule has 0 amide bonds. The van der Waals surface area contributed by atoms with Crippen molar-refractivity contribution in [1.82, 2.24) is 10.2 Å². The van der Waals surface area contributed by atoms with E-state index in [1.807, 2.05) is 20.9 Å². The number of rotatable bonds is 5. The Bertz CT molecular complexity index is 203. The molecule has 0 spiro atoms. The van der Waals surface area contributed by atoms with Crippen LogP contribution in [0.15, 0.2) is 12.2 Å². The first-order valence-electron chi connectivity index (χ1n) is 7.46. The third-order valence-corrected chi connectivity index (χ3v) is 3.74. The van der Waals surface area contributed by atoms with Gasteiger partial charge in [-0.05, 0) is 53.6 Å². The Morgan fingerprint density at radius 2 is 1.78 bits per heavy atom. The molecule has 1 atom stereocenters. The molecule has 0 bridgehead atoms. The van der Waals surface area contributed by atoms with Crippen molar-refractivity contribution < 1.29 is 0 Å². The van der Waals surface area contributed by atoms with E-state index in [9.17, 15) is 0 Å². The largest absolute Gasteiger partial charge is 0.318 e. The van der Waals surface area contributed by atoms with Crippen LogP contribution in [0.25, 0.3) is 0 Å². The summed E-state index contributed by atoms with van der Waals surface area (Å²) in [5, 5.41) is 3.21. The van der Waals surface area contributed by atoms with Crippen molar-refractivity contribution in [1.29, 1.82) is 0 Å². The molecule has 1 fully saturated rings. The fourth-order valence-electron chi connectivity index (χ4n) is 2.47. The molecule has 1 aliphatic carbocycles. The second kappa shape index (κ2) is 10.6. The van der Waals surface area contributed by atoms with Crippen LogP contribution in [0.2, 0.25) is 0 Å². The van der Waals surface area contributed by atoms with Gasteiger partial charge in [0.05, 0.1) is 0 Å². The first kappa shape index (κ1) is 17.7. The zero-order valence-electron chi connectivity index (χ0n) is 13.3. The lowest BCUT2D eigenvalue weighted by molar-refractivity contribution is 0.159. The lowest BCUT2D eigenvalue weighted by atomic mass is 9.84. The van der Waals surface area contributed by atoms with Crippen LogP contribution in [-0.4, -0.2) is 38.1 Å². The summed E-state index contributed by atoms with van der Waals surface area (Å²) in [6, 6.07) is 0.767. The molecule has 0 aromatic carbocycles.